The first-order chi connectivity index (χ1) is 11.2. The third-order valence-electron chi connectivity index (χ3n) is 4.79. The van der Waals surface area contributed by atoms with Gasteiger partial charge in [-0.2, -0.15) is 4.31 Å². The van der Waals surface area contributed by atoms with Gasteiger partial charge in [0.05, 0.1) is 19.3 Å². The van der Waals surface area contributed by atoms with Gasteiger partial charge in [0.15, 0.2) is 0 Å². The van der Waals surface area contributed by atoms with Crippen molar-refractivity contribution in [2.75, 3.05) is 32.9 Å². The Labute approximate surface area is 146 Å². The summed E-state index contributed by atoms with van der Waals surface area (Å²) < 4.78 is 30.1. The van der Waals surface area contributed by atoms with Crippen molar-refractivity contribution >= 4 is 10.0 Å². The molecule has 0 N–H and O–H groups in total. The number of rotatable bonds is 7. The molecule has 1 aliphatic heterocycles. The van der Waals surface area contributed by atoms with Crippen molar-refractivity contribution in [3.8, 4) is 0 Å². The van der Waals surface area contributed by atoms with E-state index in [0.29, 0.717) is 17.8 Å². The van der Waals surface area contributed by atoms with E-state index in [0.717, 1.165) is 38.4 Å². The highest BCUT2D eigenvalue weighted by Gasteiger charge is 2.27. The first-order valence-corrected chi connectivity index (χ1v) is 10.5. The number of nitrogens with zero attached hydrogens (tertiary/aromatic N) is 3. The Hall–Kier alpha value is -0.890. The van der Waals surface area contributed by atoms with Gasteiger partial charge >= 0.3 is 0 Å². The maximum absolute atomic E-state index is 11.5. The van der Waals surface area contributed by atoms with Crippen molar-refractivity contribution in [3.63, 3.8) is 0 Å². The highest BCUT2D eigenvalue weighted by molar-refractivity contribution is 7.88. The molecule has 1 aromatic heterocycles. The molecular weight excluding hydrogens is 326 g/mol. The zero-order valence-corrected chi connectivity index (χ0v) is 16.3. The molecule has 2 rings (SSSR count). The molecule has 1 fully saturated rings. The van der Waals surface area contributed by atoms with Crippen LogP contribution in [0.1, 0.15) is 38.7 Å². The van der Waals surface area contributed by atoms with Crippen LogP contribution >= 0.6 is 0 Å². The Bertz CT molecular complexity index is 627. The minimum absolute atomic E-state index is 0.275. The molecule has 138 valence electrons. The number of sulfonamides is 1. The lowest BCUT2D eigenvalue weighted by Crippen LogP contribution is -2.54. The van der Waals surface area contributed by atoms with Crippen LogP contribution in [0, 0.1) is 0 Å². The van der Waals surface area contributed by atoms with Gasteiger partial charge in [-0.15, -0.1) is 0 Å². The van der Waals surface area contributed by atoms with Crippen LogP contribution < -0.4 is 0 Å². The topological polar surface area (TPSA) is 57.0 Å². The Morgan fingerprint density at radius 1 is 1.29 bits per heavy atom. The van der Waals surface area contributed by atoms with E-state index >= 15 is 0 Å². The molecule has 1 atom stereocenters. The summed E-state index contributed by atoms with van der Waals surface area (Å²) >= 11 is 0. The lowest BCUT2D eigenvalue weighted by atomic mass is 10.1. The molecule has 24 heavy (non-hydrogen) atoms. The van der Waals surface area contributed by atoms with Gasteiger partial charge < -0.3 is 4.42 Å². The lowest BCUT2D eigenvalue weighted by Gasteiger charge is -2.43. The SMILES string of the molecule is CCC1CN(Cc2ccc(CN(C)S(C)(=O)=O)o2)CCN1C(C)C. The molecule has 0 aliphatic carbocycles. The Morgan fingerprint density at radius 3 is 2.54 bits per heavy atom. The molecule has 0 saturated carbocycles. The van der Waals surface area contributed by atoms with Crippen LogP contribution in [0.4, 0.5) is 0 Å². The Morgan fingerprint density at radius 2 is 1.96 bits per heavy atom. The molecular formula is C17H31N3O3S. The largest absolute Gasteiger partial charge is 0.463 e. The summed E-state index contributed by atoms with van der Waals surface area (Å²) in [4.78, 5) is 5.00. The van der Waals surface area contributed by atoms with E-state index in [1.165, 1.54) is 10.6 Å². The molecule has 0 bridgehead atoms. The van der Waals surface area contributed by atoms with Crippen LogP contribution in [0.5, 0.6) is 0 Å². The van der Waals surface area contributed by atoms with Gasteiger partial charge in [-0.05, 0) is 32.4 Å². The van der Waals surface area contributed by atoms with E-state index in [-0.39, 0.29) is 6.54 Å². The second-order valence-corrected chi connectivity index (χ2v) is 9.11. The van der Waals surface area contributed by atoms with Gasteiger partial charge in [0.2, 0.25) is 10.0 Å². The smallest absolute Gasteiger partial charge is 0.211 e. The first kappa shape index (κ1) is 19.4. The fourth-order valence-electron chi connectivity index (χ4n) is 3.27. The summed E-state index contributed by atoms with van der Waals surface area (Å²) in [5.74, 6) is 1.59. The molecule has 0 spiro atoms. The van der Waals surface area contributed by atoms with E-state index in [4.69, 9.17) is 4.42 Å². The standard InChI is InChI=1S/C17H31N3O3S/c1-6-15-11-19(9-10-20(15)14(2)3)13-17-8-7-16(23-17)12-18(4)24(5,21)22/h7-8,14-15H,6,9-13H2,1-5H3. The maximum Gasteiger partial charge on any atom is 0.211 e. The number of piperazine rings is 1. The Kier molecular flexibility index (Phi) is 6.47. The van der Waals surface area contributed by atoms with E-state index in [1.54, 1.807) is 7.05 Å². The van der Waals surface area contributed by atoms with E-state index in [9.17, 15) is 8.42 Å². The molecule has 0 aromatic carbocycles. The predicted octanol–water partition coefficient (Wildman–Crippen LogP) is 1.98. The summed E-state index contributed by atoms with van der Waals surface area (Å²) in [6.07, 6.45) is 2.35. The number of hydrogen-bond donors (Lipinski definition) is 0. The van der Waals surface area contributed by atoms with Gasteiger partial charge in [0, 0.05) is 38.8 Å². The van der Waals surface area contributed by atoms with Crippen molar-refractivity contribution in [1.29, 1.82) is 0 Å². The molecule has 0 radical (unpaired) electrons. The van der Waals surface area contributed by atoms with Crippen LogP contribution in [0.2, 0.25) is 0 Å². The highest BCUT2D eigenvalue weighted by Crippen LogP contribution is 2.19. The van der Waals surface area contributed by atoms with Crippen molar-refractivity contribution in [2.24, 2.45) is 0 Å². The van der Waals surface area contributed by atoms with Gasteiger partial charge in [-0.3, -0.25) is 9.80 Å². The van der Waals surface area contributed by atoms with Gasteiger partial charge in [0.1, 0.15) is 11.5 Å². The van der Waals surface area contributed by atoms with Crippen LogP contribution in [0.3, 0.4) is 0 Å². The third kappa shape index (κ3) is 5.05. The molecule has 1 unspecified atom stereocenters. The Balaban J connectivity index is 1.93. The average molecular weight is 358 g/mol. The summed E-state index contributed by atoms with van der Waals surface area (Å²) in [6, 6.07) is 5.00. The summed E-state index contributed by atoms with van der Waals surface area (Å²) in [6.45, 7) is 11.0. The number of hydrogen-bond acceptors (Lipinski definition) is 5. The second-order valence-electron chi connectivity index (χ2n) is 7.02. The quantitative estimate of drug-likeness (QED) is 0.747. The second kappa shape index (κ2) is 7.99. The van der Waals surface area contributed by atoms with Gasteiger partial charge in [-0.25, -0.2) is 8.42 Å². The maximum atomic E-state index is 11.5. The fourth-order valence-corrected chi connectivity index (χ4v) is 3.63. The summed E-state index contributed by atoms with van der Waals surface area (Å²) in [5, 5.41) is 0. The minimum Gasteiger partial charge on any atom is -0.463 e. The van der Waals surface area contributed by atoms with Crippen LogP contribution in [-0.2, 0) is 23.1 Å². The molecule has 1 aliphatic rings. The average Bonchev–Trinajstić information content (AvgIpc) is 2.92. The van der Waals surface area contributed by atoms with Crippen LogP contribution in [0.15, 0.2) is 16.5 Å². The molecule has 1 saturated heterocycles. The summed E-state index contributed by atoms with van der Waals surface area (Å²) in [5.41, 5.74) is 0. The molecule has 7 heteroatoms. The van der Waals surface area contributed by atoms with Crippen molar-refractivity contribution in [2.45, 2.75) is 52.4 Å². The van der Waals surface area contributed by atoms with Crippen molar-refractivity contribution in [1.82, 2.24) is 14.1 Å². The van der Waals surface area contributed by atoms with Gasteiger partial charge in [-0.1, -0.05) is 6.92 Å². The molecule has 6 nitrogen and oxygen atoms in total. The van der Waals surface area contributed by atoms with E-state index < -0.39 is 10.0 Å². The van der Waals surface area contributed by atoms with Crippen LogP contribution in [-0.4, -0.2) is 67.5 Å². The lowest BCUT2D eigenvalue weighted by molar-refractivity contribution is 0.0424. The molecule has 0 amide bonds. The van der Waals surface area contributed by atoms with E-state index in [2.05, 4.69) is 30.6 Å². The van der Waals surface area contributed by atoms with Crippen LogP contribution in [0.25, 0.3) is 0 Å². The monoisotopic (exact) mass is 357 g/mol. The zero-order valence-electron chi connectivity index (χ0n) is 15.5. The molecule has 2 heterocycles. The highest BCUT2D eigenvalue weighted by atomic mass is 32.2. The zero-order chi connectivity index (χ0) is 17.9. The van der Waals surface area contributed by atoms with Crippen molar-refractivity contribution in [3.05, 3.63) is 23.7 Å². The minimum atomic E-state index is -3.19. The summed E-state index contributed by atoms with van der Waals surface area (Å²) in [7, 11) is -1.62. The van der Waals surface area contributed by atoms with Crippen molar-refractivity contribution < 1.29 is 12.8 Å². The van der Waals surface area contributed by atoms with Gasteiger partial charge in [0.25, 0.3) is 0 Å². The fraction of sp³-hybridized carbons (Fsp3) is 0.765. The first-order valence-electron chi connectivity index (χ1n) is 8.67. The number of furan rings is 1. The molecule has 1 aromatic rings. The predicted molar refractivity (Wildman–Crippen MR) is 96.2 cm³/mol. The third-order valence-corrected chi connectivity index (χ3v) is 6.05. The normalized spacial score (nSPS) is 21.0. The van der Waals surface area contributed by atoms with E-state index in [1.807, 2.05) is 12.1 Å².